The van der Waals surface area contributed by atoms with Gasteiger partial charge in [-0.1, -0.05) is 0 Å². The summed E-state index contributed by atoms with van der Waals surface area (Å²) in [4.78, 5) is 28.1. The lowest BCUT2D eigenvalue weighted by molar-refractivity contribution is -0.136. The highest BCUT2D eigenvalue weighted by molar-refractivity contribution is 5.89. The van der Waals surface area contributed by atoms with Crippen molar-refractivity contribution in [3.05, 3.63) is 0 Å². The molecule has 1 fully saturated rings. The van der Waals surface area contributed by atoms with Crippen LogP contribution >= 0.6 is 0 Å². The van der Waals surface area contributed by atoms with Crippen LogP contribution < -0.4 is 20.9 Å². The maximum Gasteiger partial charge on any atom is 0.322 e. The number of aromatic nitrogens is 3. The quantitative estimate of drug-likeness (QED) is 0.548. The number of hydrazine groups is 1. The van der Waals surface area contributed by atoms with Crippen LogP contribution in [0.25, 0.3) is 0 Å². The topological polar surface area (TPSA) is 109 Å². The number of carbonyl (C=O) groups excluding carboxylic acids is 1. The summed E-state index contributed by atoms with van der Waals surface area (Å²) in [7, 11) is 3.24. The number of nitrogens with two attached hydrogens (primary N) is 1. The molecule has 2 heterocycles. The predicted octanol–water partition coefficient (Wildman–Crippen LogP) is -0.777. The summed E-state index contributed by atoms with van der Waals surface area (Å²) >= 11 is 0. The number of amides is 1. The van der Waals surface area contributed by atoms with Crippen LogP contribution in [0.5, 0.6) is 6.01 Å². The number of nitrogens with one attached hydrogen (secondary N) is 1. The van der Waals surface area contributed by atoms with Crippen molar-refractivity contribution < 1.29 is 9.53 Å². The zero-order chi connectivity index (χ0) is 14.9. The molecule has 9 nitrogen and oxygen atoms in total. The van der Waals surface area contributed by atoms with E-state index in [9.17, 15) is 4.79 Å². The number of nitrogens with zero attached hydrogens (tertiary/aromatic N) is 5. The van der Waals surface area contributed by atoms with Crippen LogP contribution in [0, 0.1) is 0 Å². The average molecular weight is 281 g/mol. The summed E-state index contributed by atoms with van der Waals surface area (Å²) in [5, 5.41) is 0. The van der Waals surface area contributed by atoms with Crippen LogP contribution in [0.3, 0.4) is 0 Å². The number of hydrogen-bond acceptors (Lipinski definition) is 8. The van der Waals surface area contributed by atoms with Crippen LogP contribution in [0.15, 0.2) is 0 Å². The molecule has 0 atom stereocenters. The Hall–Kier alpha value is -2.16. The Labute approximate surface area is 117 Å². The molecule has 3 N–H and O–H groups in total. The molecule has 1 saturated heterocycles. The maximum atomic E-state index is 12.3. The van der Waals surface area contributed by atoms with E-state index < -0.39 is 5.54 Å². The number of carbonyl (C=O) groups is 1. The number of ether oxygens (including phenoxy) is 1. The van der Waals surface area contributed by atoms with E-state index in [-0.39, 0.29) is 17.9 Å². The minimum Gasteiger partial charge on any atom is -0.467 e. The molecule has 1 aromatic rings. The Morgan fingerprint density at radius 2 is 2.00 bits per heavy atom. The molecule has 9 heteroatoms. The largest absolute Gasteiger partial charge is 0.467 e. The van der Waals surface area contributed by atoms with Gasteiger partial charge in [-0.05, 0) is 13.8 Å². The number of nitrogen functional groups attached to an aromatic ring is 1. The number of hydrogen-bond donors (Lipinski definition) is 2. The number of rotatable bonds is 3. The van der Waals surface area contributed by atoms with Gasteiger partial charge < -0.3 is 14.5 Å². The van der Waals surface area contributed by atoms with E-state index in [1.807, 2.05) is 18.7 Å². The monoisotopic (exact) mass is 281 g/mol. The lowest BCUT2D eigenvalue weighted by Crippen LogP contribution is -2.62. The van der Waals surface area contributed by atoms with Crippen LogP contribution in [-0.2, 0) is 4.79 Å². The van der Waals surface area contributed by atoms with E-state index in [1.54, 1.807) is 11.9 Å². The second kappa shape index (κ2) is 5.08. The van der Waals surface area contributed by atoms with Crippen LogP contribution in [0.1, 0.15) is 13.8 Å². The summed E-state index contributed by atoms with van der Waals surface area (Å²) in [5.41, 5.74) is 1.62. The molecule has 0 saturated carbocycles. The van der Waals surface area contributed by atoms with Crippen molar-refractivity contribution in [2.75, 3.05) is 37.6 Å². The van der Waals surface area contributed by atoms with Gasteiger partial charge in [0.2, 0.25) is 17.8 Å². The Balaban J connectivity index is 2.42. The molecule has 1 aromatic heterocycles. The molecule has 0 unspecified atom stereocenters. The maximum absolute atomic E-state index is 12.3. The highest BCUT2D eigenvalue weighted by atomic mass is 16.5. The number of methoxy groups -OCH3 is 1. The van der Waals surface area contributed by atoms with Gasteiger partial charge in [-0.3, -0.25) is 10.2 Å². The summed E-state index contributed by atoms with van der Waals surface area (Å²) in [6.07, 6.45) is 0. The van der Waals surface area contributed by atoms with Gasteiger partial charge in [-0.2, -0.15) is 15.0 Å². The molecule has 0 radical (unpaired) electrons. The molecule has 0 aliphatic carbocycles. The van der Waals surface area contributed by atoms with Gasteiger partial charge >= 0.3 is 6.01 Å². The van der Waals surface area contributed by atoms with Gasteiger partial charge in [0.05, 0.1) is 7.11 Å². The van der Waals surface area contributed by atoms with Gasteiger partial charge in [0, 0.05) is 20.1 Å². The van der Waals surface area contributed by atoms with E-state index >= 15 is 0 Å². The Morgan fingerprint density at radius 3 is 2.60 bits per heavy atom. The van der Waals surface area contributed by atoms with Gasteiger partial charge in [0.15, 0.2) is 0 Å². The van der Waals surface area contributed by atoms with Crippen molar-refractivity contribution in [3.8, 4) is 6.01 Å². The zero-order valence-electron chi connectivity index (χ0n) is 12.0. The van der Waals surface area contributed by atoms with Gasteiger partial charge in [-0.25, -0.2) is 5.84 Å². The normalized spacial score (nSPS) is 18.1. The molecule has 0 aromatic carbocycles. The predicted molar refractivity (Wildman–Crippen MR) is 73.3 cm³/mol. The molecule has 0 bridgehead atoms. The molecule has 1 aliphatic heterocycles. The standard InChI is InChI=1S/C11H19N7O2/c1-11(2)7(19)17(3)5-6-18(11)9-13-8(16-12)14-10(15-9)20-4/h5-6,12H2,1-4H3,(H,13,14,15,16). The summed E-state index contributed by atoms with van der Waals surface area (Å²) < 4.78 is 5.02. The Kier molecular flexibility index (Phi) is 3.62. The van der Waals surface area contributed by atoms with E-state index in [0.717, 1.165) is 0 Å². The average Bonchev–Trinajstić information content (AvgIpc) is 2.44. The van der Waals surface area contributed by atoms with Crippen molar-refractivity contribution in [2.24, 2.45) is 5.84 Å². The highest BCUT2D eigenvalue weighted by Crippen LogP contribution is 2.27. The molecule has 20 heavy (non-hydrogen) atoms. The summed E-state index contributed by atoms with van der Waals surface area (Å²) in [5.74, 6) is 5.89. The molecule has 1 amide bonds. The van der Waals surface area contributed by atoms with Crippen LogP contribution in [0.4, 0.5) is 11.9 Å². The van der Waals surface area contributed by atoms with Gasteiger partial charge in [0.25, 0.3) is 0 Å². The van der Waals surface area contributed by atoms with E-state index in [0.29, 0.717) is 19.0 Å². The van der Waals surface area contributed by atoms with Crippen molar-refractivity contribution >= 4 is 17.8 Å². The fourth-order valence-electron chi connectivity index (χ4n) is 2.19. The second-order valence-electron chi connectivity index (χ2n) is 5.03. The Morgan fingerprint density at radius 1 is 1.30 bits per heavy atom. The first kappa shape index (κ1) is 14.3. The highest BCUT2D eigenvalue weighted by Gasteiger charge is 2.42. The molecule has 0 spiro atoms. The number of anilines is 2. The lowest BCUT2D eigenvalue weighted by Gasteiger charge is -2.44. The van der Waals surface area contributed by atoms with Crippen molar-refractivity contribution in [3.63, 3.8) is 0 Å². The van der Waals surface area contributed by atoms with Crippen molar-refractivity contribution in [1.29, 1.82) is 0 Å². The summed E-state index contributed by atoms with van der Waals surface area (Å²) in [6, 6.07) is 0.144. The third kappa shape index (κ3) is 2.31. The first-order valence-electron chi connectivity index (χ1n) is 6.20. The third-order valence-electron chi connectivity index (χ3n) is 3.36. The second-order valence-corrected chi connectivity index (χ2v) is 5.03. The van der Waals surface area contributed by atoms with Crippen molar-refractivity contribution in [1.82, 2.24) is 19.9 Å². The van der Waals surface area contributed by atoms with E-state index in [2.05, 4.69) is 20.4 Å². The third-order valence-corrected chi connectivity index (χ3v) is 3.36. The molecule has 2 rings (SSSR count). The van der Waals surface area contributed by atoms with Gasteiger partial charge in [-0.15, -0.1) is 0 Å². The minimum absolute atomic E-state index is 0.00499. The van der Waals surface area contributed by atoms with Crippen LogP contribution in [0.2, 0.25) is 0 Å². The Bertz CT molecular complexity index is 497. The fraction of sp³-hybridized carbons (Fsp3) is 0.636. The first-order chi connectivity index (χ1) is 9.40. The fourth-order valence-corrected chi connectivity index (χ4v) is 2.19. The molecule has 1 aliphatic rings. The minimum atomic E-state index is -0.745. The summed E-state index contributed by atoms with van der Waals surface area (Å²) in [6.45, 7) is 4.88. The van der Waals surface area contributed by atoms with Crippen molar-refractivity contribution in [2.45, 2.75) is 19.4 Å². The molecular weight excluding hydrogens is 262 g/mol. The van der Waals surface area contributed by atoms with E-state index in [1.165, 1.54) is 7.11 Å². The molecular formula is C11H19N7O2. The van der Waals surface area contributed by atoms with E-state index in [4.69, 9.17) is 10.6 Å². The SMILES string of the molecule is COc1nc(NN)nc(N2CCN(C)C(=O)C2(C)C)n1. The number of likely N-dealkylation sites (N-methyl/N-ethyl adjacent to an activating group) is 1. The lowest BCUT2D eigenvalue weighted by atomic mass is 9.98. The van der Waals surface area contributed by atoms with Crippen LogP contribution in [-0.4, -0.2) is 58.5 Å². The van der Waals surface area contributed by atoms with Gasteiger partial charge in [0.1, 0.15) is 5.54 Å². The zero-order valence-corrected chi connectivity index (χ0v) is 12.0. The molecule has 110 valence electrons. The smallest absolute Gasteiger partial charge is 0.322 e. The first-order valence-corrected chi connectivity index (χ1v) is 6.20. The number of piperazine rings is 1.